The number of carbonyl (C=O) groups excluding carboxylic acids is 1. The average molecular weight is 459 g/mol. The number of aliphatic hydroxyl groups is 2. The molecule has 1 saturated heterocycles. The maximum Gasteiger partial charge on any atom is 0.397 e. The predicted octanol–water partition coefficient (Wildman–Crippen LogP) is -0.749. The second-order valence-corrected chi connectivity index (χ2v) is 8.08. The van der Waals surface area contributed by atoms with Crippen LogP contribution in [-0.2, 0) is 24.1 Å². The Hall–Kier alpha value is -2.55. The first kappa shape index (κ1) is 23.1. The molecule has 0 bridgehead atoms. The third-order valence-electron chi connectivity index (χ3n) is 4.63. The van der Waals surface area contributed by atoms with Crippen LogP contribution in [0.15, 0.2) is 33.5 Å². The Morgan fingerprint density at radius 2 is 1.94 bits per heavy atom. The van der Waals surface area contributed by atoms with E-state index in [4.69, 9.17) is 18.4 Å². The molecule has 1 aromatic carbocycles. The van der Waals surface area contributed by atoms with E-state index in [-0.39, 0.29) is 11.3 Å². The van der Waals surface area contributed by atoms with Gasteiger partial charge in [0.15, 0.2) is 0 Å². The Bertz CT molecular complexity index is 1130. The summed E-state index contributed by atoms with van der Waals surface area (Å²) in [5.41, 5.74) is 0.346. The van der Waals surface area contributed by atoms with E-state index in [1.165, 1.54) is 25.1 Å². The molecule has 0 aliphatic carbocycles. The topological polar surface area (TPSA) is 182 Å². The van der Waals surface area contributed by atoms with Gasteiger partial charge in [0.1, 0.15) is 35.7 Å². The van der Waals surface area contributed by atoms with Crippen molar-refractivity contribution in [3.05, 3.63) is 40.2 Å². The van der Waals surface area contributed by atoms with Crippen LogP contribution in [0.5, 0.6) is 5.75 Å². The molecule has 170 valence electrons. The Balaban J connectivity index is 1.89. The minimum atomic E-state index is -4.83. The molecule has 2 aromatic rings. The highest BCUT2D eigenvalue weighted by atomic mass is 32.3. The van der Waals surface area contributed by atoms with Crippen LogP contribution in [0, 0.1) is 6.92 Å². The second kappa shape index (κ2) is 8.90. The normalized spacial score (nSPS) is 26.5. The van der Waals surface area contributed by atoms with Crippen molar-refractivity contribution in [1.82, 2.24) is 5.32 Å². The zero-order valence-electron chi connectivity index (χ0n) is 16.4. The molecule has 31 heavy (non-hydrogen) atoms. The van der Waals surface area contributed by atoms with Gasteiger partial charge in [0.05, 0.1) is 6.61 Å². The van der Waals surface area contributed by atoms with Crippen LogP contribution in [0.2, 0.25) is 0 Å². The van der Waals surface area contributed by atoms with Gasteiger partial charge in [0, 0.05) is 24.4 Å². The standard InChI is InChI=1S/C18H21NO11S/c1-8-5-14(21)29-12-6-10(3-4-11(8)12)28-18-15(19-9(2)20)17(23)16(22)13(30-18)7-27-31(24,25)26/h3-6,13,15-18,22-23H,7H2,1-2H3,(H,19,20)(H,24,25,26)/t13?,15?,16-,17?,18+/m0/s1. The Kier molecular flexibility index (Phi) is 6.64. The Labute approximate surface area is 176 Å². The lowest BCUT2D eigenvalue weighted by atomic mass is 9.97. The van der Waals surface area contributed by atoms with Crippen molar-refractivity contribution in [2.75, 3.05) is 6.61 Å². The van der Waals surface area contributed by atoms with Crippen LogP contribution in [0.1, 0.15) is 12.5 Å². The van der Waals surface area contributed by atoms with Gasteiger partial charge in [-0.25, -0.2) is 8.98 Å². The molecular formula is C18H21NO11S. The minimum Gasteiger partial charge on any atom is -0.462 e. The second-order valence-electron chi connectivity index (χ2n) is 6.99. The van der Waals surface area contributed by atoms with Crippen molar-refractivity contribution in [2.45, 2.75) is 44.5 Å². The molecule has 3 rings (SSSR count). The molecule has 0 radical (unpaired) electrons. The number of ether oxygens (including phenoxy) is 2. The fraction of sp³-hybridized carbons (Fsp3) is 0.444. The zero-order chi connectivity index (χ0) is 22.9. The summed E-state index contributed by atoms with van der Waals surface area (Å²) in [5.74, 6) is -0.416. The SMILES string of the molecule is CC(=O)NC1C(O)[C@@H](O)C(COS(=O)(=O)O)O[C@H]1Oc1ccc2c(C)cc(=O)oc2c1. The van der Waals surface area contributed by atoms with Crippen molar-refractivity contribution in [3.63, 3.8) is 0 Å². The molecule has 1 aliphatic heterocycles. The van der Waals surface area contributed by atoms with E-state index in [0.29, 0.717) is 10.9 Å². The van der Waals surface area contributed by atoms with Crippen molar-refractivity contribution < 1.29 is 46.1 Å². The predicted molar refractivity (Wildman–Crippen MR) is 104 cm³/mol. The molecule has 12 nitrogen and oxygen atoms in total. The van der Waals surface area contributed by atoms with E-state index in [1.807, 2.05) is 0 Å². The van der Waals surface area contributed by atoms with Crippen molar-refractivity contribution in [1.29, 1.82) is 0 Å². The number of benzene rings is 1. The summed E-state index contributed by atoms with van der Waals surface area (Å²) >= 11 is 0. The van der Waals surface area contributed by atoms with E-state index >= 15 is 0 Å². The maximum absolute atomic E-state index is 11.6. The van der Waals surface area contributed by atoms with E-state index < -0.39 is 59.2 Å². The average Bonchev–Trinajstić information content (AvgIpc) is 2.65. The monoisotopic (exact) mass is 459 g/mol. The van der Waals surface area contributed by atoms with Gasteiger partial charge in [-0.05, 0) is 24.6 Å². The summed E-state index contributed by atoms with van der Waals surface area (Å²) in [6.07, 6.45) is -6.12. The quantitative estimate of drug-likeness (QED) is 0.315. The van der Waals surface area contributed by atoms with Crippen LogP contribution < -0.4 is 15.7 Å². The molecular weight excluding hydrogens is 438 g/mol. The molecule has 3 unspecified atom stereocenters. The van der Waals surface area contributed by atoms with E-state index in [2.05, 4.69) is 9.50 Å². The number of fused-ring (bicyclic) bond motifs is 1. The number of aliphatic hydroxyl groups excluding tert-OH is 2. The summed E-state index contributed by atoms with van der Waals surface area (Å²) in [7, 11) is -4.83. The van der Waals surface area contributed by atoms with Crippen LogP contribution in [0.25, 0.3) is 11.0 Å². The minimum absolute atomic E-state index is 0.139. The van der Waals surface area contributed by atoms with E-state index in [0.717, 1.165) is 0 Å². The fourth-order valence-corrected chi connectivity index (χ4v) is 3.53. The van der Waals surface area contributed by atoms with Gasteiger partial charge in [-0.3, -0.25) is 9.35 Å². The Morgan fingerprint density at radius 1 is 1.23 bits per heavy atom. The lowest BCUT2D eigenvalue weighted by Crippen LogP contribution is -2.65. The van der Waals surface area contributed by atoms with Gasteiger partial charge in [0.25, 0.3) is 0 Å². The summed E-state index contributed by atoms with van der Waals surface area (Å²) in [6, 6.07) is 4.65. The summed E-state index contributed by atoms with van der Waals surface area (Å²) < 4.78 is 51.0. The van der Waals surface area contributed by atoms with Crippen LogP contribution in [0.3, 0.4) is 0 Å². The number of rotatable bonds is 6. The molecule has 5 atom stereocenters. The van der Waals surface area contributed by atoms with Gasteiger partial charge in [-0.2, -0.15) is 8.42 Å². The number of hydrogen-bond acceptors (Lipinski definition) is 10. The lowest BCUT2D eigenvalue weighted by molar-refractivity contribution is -0.242. The lowest BCUT2D eigenvalue weighted by Gasteiger charge is -2.42. The van der Waals surface area contributed by atoms with Crippen LogP contribution >= 0.6 is 0 Å². The fourth-order valence-electron chi connectivity index (χ4n) is 3.22. The third kappa shape index (κ3) is 5.58. The summed E-state index contributed by atoms with van der Waals surface area (Å²) in [5, 5.41) is 23.7. The number of carbonyl (C=O) groups is 1. The molecule has 1 aliphatic rings. The van der Waals surface area contributed by atoms with Gasteiger partial charge in [-0.15, -0.1) is 0 Å². The van der Waals surface area contributed by atoms with Gasteiger partial charge >= 0.3 is 16.0 Å². The number of hydrogen-bond donors (Lipinski definition) is 4. The molecule has 0 saturated carbocycles. The third-order valence-corrected chi connectivity index (χ3v) is 5.06. The van der Waals surface area contributed by atoms with Crippen molar-refractivity contribution >= 4 is 27.3 Å². The highest BCUT2D eigenvalue weighted by Gasteiger charge is 2.46. The molecule has 1 fully saturated rings. The van der Waals surface area contributed by atoms with Crippen molar-refractivity contribution in [2.24, 2.45) is 0 Å². The molecule has 1 amide bonds. The maximum atomic E-state index is 11.6. The summed E-state index contributed by atoms with van der Waals surface area (Å²) in [6.45, 7) is 2.08. The number of nitrogens with one attached hydrogen (secondary N) is 1. The van der Waals surface area contributed by atoms with Crippen molar-refractivity contribution in [3.8, 4) is 5.75 Å². The first-order chi connectivity index (χ1) is 14.4. The zero-order valence-corrected chi connectivity index (χ0v) is 17.2. The molecule has 13 heteroatoms. The smallest absolute Gasteiger partial charge is 0.397 e. The van der Waals surface area contributed by atoms with Crippen LogP contribution in [0.4, 0.5) is 0 Å². The highest BCUT2D eigenvalue weighted by Crippen LogP contribution is 2.27. The molecule has 4 N–H and O–H groups in total. The summed E-state index contributed by atoms with van der Waals surface area (Å²) in [4.78, 5) is 23.2. The number of amides is 1. The van der Waals surface area contributed by atoms with Gasteiger partial charge in [0.2, 0.25) is 12.2 Å². The van der Waals surface area contributed by atoms with Crippen LogP contribution in [-0.4, -0.2) is 66.3 Å². The highest BCUT2D eigenvalue weighted by molar-refractivity contribution is 7.80. The molecule has 1 aromatic heterocycles. The first-order valence-electron chi connectivity index (χ1n) is 9.06. The Morgan fingerprint density at radius 3 is 2.58 bits per heavy atom. The molecule has 0 spiro atoms. The largest absolute Gasteiger partial charge is 0.462 e. The number of aryl methyl sites for hydroxylation is 1. The molecule has 2 heterocycles. The van der Waals surface area contributed by atoms with Gasteiger partial charge < -0.3 is 29.4 Å². The van der Waals surface area contributed by atoms with Gasteiger partial charge in [-0.1, -0.05) is 0 Å². The van der Waals surface area contributed by atoms with E-state index in [1.54, 1.807) is 13.0 Å². The first-order valence-corrected chi connectivity index (χ1v) is 10.4. The van der Waals surface area contributed by atoms with E-state index in [9.17, 15) is 28.2 Å².